The lowest BCUT2D eigenvalue weighted by Crippen LogP contribution is -2.16. The van der Waals surface area contributed by atoms with E-state index in [2.05, 4.69) is 10.5 Å². The molecule has 200 valence electrons. The van der Waals surface area contributed by atoms with E-state index in [1.54, 1.807) is 43.3 Å². The van der Waals surface area contributed by atoms with Gasteiger partial charge in [0.1, 0.15) is 11.8 Å². The number of aliphatic carboxylic acids is 1. The first-order chi connectivity index (χ1) is 18.9. The molecule has 0 saturated carbocycles. The molecule has 2 heterocycles. The van der Waals surface area contributed by atoms with Crippen molar-refractivity contribution in [2.75, 3.05) is 18.5 Å². The van der Waals surface area contributed by atoms with Gasteiger partial charge in [-0.3, -0.25) is 10.1 Å². The minimum Gasteiger partial charge on any atom is -0.489 e. The van der Waals surface area contributed by atoms with Crippen molar-refractivity contribution >= 4 is 29.4 Å². The van der Waals surface area contributed by atoms with Gasteiger partial charge in [0.25, 0.3) is 0 Å². The second-order valence-electron chi connectivity index (χ2n) is 8.90. The zero-order chi connectivity index (χ0) is 27.4. The van der Waals surface area contributed by atoms with Crippen LogP contribution in [0.25, 0.3) is 22.5 Å². The first-order valence-electron chi connectivity index (χ1n) is 12.3. The van der Waals surface area contributed by atoms with E-state index in [1.165, 1.54) is 6.20 Å². The van der Waals surface area contributed by atoms with E-state index in [1.807, 2.05) is 24.3 Å². The molecule has 0 fully saturated rings. The maximum atomic E-state index is 12.7. The third kappa shape index (κ3) is 5.83. The van der Waals surface area contributed by atoms with Crippen LogP contribution in [0.2, 0.25) is 5.02 Å². The summed E-state index contributed by atoms with van der Waals surface area (Å²) in [6.07, 6.45) is 0.719. The SMILES string of the molecule is CC(OC(=O)Nc1cnoc1-c1ccc(-c2ccc(CC(=O)O)cc2)c2c1OCCCO2)c1ccccc1Cl. The van der Waals surface area contributed by atoms with Crippen LogP contribution in [0, 0.1) is 0 Å². The van der Waals surface area contributed by atoms with E-state index < -0.39 is 18.2 Å². The molecule has 2 N–H and O–H groups in total. The highest BCUT2D eigenvalue weighted by molar-refractivity contribution is 6.31. The number of nitrogens with zero attached hydrogens (tertiary/aromatic N) is 1. The van der Waals surface area contributed by atoms with Gasteiger partial charge in [0.05, 0.1) is 31.4 Å². The highest BCUT2D eigenvalue weighted by Crippen LogP contribution is 2.47. The van der Waals surface area contributed by atoms with E-state index in [0.29, 0.717) is 58.5 Å². The van der Waals surface area contributed by atoms with Crippen molar-refractivity contribution in [3.05, 3.63) is 83.0 Å². The van der Waals surface area contributed by atoms with Crippen LogP contribution in [0.1, 0.15) is 30.6 Å². The molecule has 0 radical (unpaired) electrons. The number of hydrogen-bond acceptors (Lipinski definition) is 7. The van der Waals surface area contributed by atoms with E-state index in [0.717, 1.165) is 11.1 Å². The molecule has 1 aliphatic rings. The number of carboxylic acids is 1. The first kappa shape index (κ1) is 26.1. The summed E-state index contributed by atoms with van der Waals surface area (Å²) in [5.74, 6) is 0.365. The standard InChI is InChI=1S/C29H25ClN2O7/c1-17(20-5-2-3-6-23(20)30)38-29(35)32-24-16-31-39-26(24)22-12-11-21(27-28(22)37-14-4-13-36-27)19-9-7-18(8-10-19)15-25(33)34/h2-3,5-12,16-17H,4,13-15H2,1H3,(H,32,35)(H,33,34). The minimum absolute atomic E-state index is 0.0577. The molecule has 1 aliphatic heterocycles. The first-order valence-corrected chi connectivity index (χ1v) is 12.7. The van der Waals surface area contributed by atoms with Gasteiger partial charge < -0.3 is 23.8 Å². The van der Waals surface area contributed by atoms with Crippen LogP contribution >= 0.6 is 11.6 Å². The average molecular weight is 549 g/mol. The minimum atomic E-state index is -0.892. The van der Waals surface area contributed by atoms with Crippen LogP contribution in [0.5, 0.6) is 11.5 Å². The van der Waals surface area contributed by atoms with Crippen LogP contribution in [0.15, 0.2) is 71.4 Å². The van der Waals surface area contributed by atoms with Gasteiger partial charge in [0.15, 0.2) is 17.3 Å². The van der Waals surface area contributed by atoms with E-state index >= 15 is 0 Å². The third-order valence-electron chi connectivity index (χ3n) is 6.19. The Kier molecular flexibility index (Phi) is 7.69. The summed E-state index contributed by atoms with van der Waals surface area (Å²) in [5, 5.41) is 16.1. The van der Waals surface area contributed by atoms with Gasteiger partial charge in [0.2, 0.25) is 0 Å². The molecule has 10 heteroatoms. The number of benzene rings is 3. The number of ether oxygens (including phenoxy) is 3. The molecular formula is C29H25ClN2O7. The number of nitrogens with one attached hydrogen (secondary N) is 1. The van der Waals surface area contributed by atoms with Gasteiger partial charge >= 0.3 is 12.1 Å². The van der Waals surface area contributed by atoms with Crippen molar-refractivity contribution in [2.45, 2.75) is 25.9 Å². The topological polar surface area (TPSA) is 120 Å². The summed E-state index contributed by atoms with van der Waals surface area (Å²) in [6.45, 7) is 2.61. The van der Waals surface area contributed by atoms with Crippen molar-refractivity contribution < 1.29 is 33.4 Å². The summed E-state index contributed by atoms with van der Waals surface area (Å²) in [7, 11) is 0. The number of halogens is 1. The fourth-order valence-electron chi connectivity index (χ4n) is 4.33. The number of fused-ring (bicyclic) bond motifs is 1. The Morgan fingerprint density at radius 2 is 1.72 bits per heavy atom. The Balaban J connectivity index is 1.42. The van der Waals surface area contributed by atoms with Crippen LogP contribution < -0.4 is 14.8 Å². The molecule has 0 bridgehead atoms. The Bertz CT molecular complexity index is 1500. The molecule has 9 nitrogen and oxygen atoms in total. The predicted molar refractivity (Wildman–Crippen MR) is 144 cm³/mol. The van der Waals surface area contributed by atoms with Crippen LogP contribution in [0.3, 0.4) is 0 Å². The van der Waals surface area contributed by atoms with E-state index in [9.17, 15) is 9.59 Å². The number of carbonyl (C=O) groups excluding carboxylic acids is 1. The fraction of sp³-hybridized carbons (Fsp3) is 0.207. The Hall–Kier alpha value is -4.50. The van der Waals surface area contributed by atoms with Crippen LogP contribution in [-0.4, -0.2) is 35.5 Å². The molecule has 1 amide bonds. The monoisotopic (exact) mass is 548 g/mol. The van der Waals surface area contributed by atoms with Crippen molar-refractivity contribution in [2.24, 2.45) is 0 Å². The van der Waals surface area contributed by atoms with Crippen LogP contribution in [-0.2, 0) is 16.0 Å². The van der Waals surface area contributed by atoms with Gasteiger partial charge in [-0.15, -0.1) is 0 Å². The number of hydrogen-bond donors (Lipinski definition) is 2. The summed E-state index contributed by atoms with van der Waals surface area (Å²) in [5.41, 5.74) is 3.84. The Labute approximate surface area is 229 Å². The fourth-order valence-corrected chi connectivity index (χ4v) is 4.62. The number of amides is 1. The van der Waals surface area contributed by atoms with Crippen molar-refractivity contribution in [3.63, 3.8) is 0 Å². The zero-order valence-corrected chi connectivity index (χ0v) is 21.7. The zero-order valence-electron chi connectivity index (χ0n) is 21.0. The lowest BCUT2D eigenvalue weighted by atomic mass is 9.98. The number of rotatable bonds is 7. The van der Waals surface area contributed by atoms with Crippen molar-refractivity contribution in [3.8, 4) is 33.9 Å². The smallest absolute Gasteiger partial charge is 0.412 e. The van der Waals surface area contributed by atoms with Gasteiger partial charge in [0, 0.05) is 22.6 Å². The second-order valence-corrected chi connectivity index (χ2v) is 9.31. The number of anilines is 1. The molecule has 5 rings (SSSR count). The van der Waals surface area contributed by atoms with Gasteiger partial charge in [-0.25, -0.2) is 4.79 Å². The highest BCUT2D eigenvalue weighted by atomic mass is 35.5. The van der Waals surface area contributed by atoms with Crippen LogP contribution in [0.4, 0.5) is 10.5 Å². The quantitative estimate of drug-likeness (QED) is 0.260. The number of carboxylic acid groups (broad SMARTS) is 1. The lowest BCUT2D eigenvalue weighted by Gasteiger charge is -2.17. The predicted octanol–water partition coefficient (Wildman–Crippen LogP) is 6.76. The maximum Gasteiger partial charge on any atom is 0.412 e. The molecule has 1 unspecified atom stereocenters. The number of aromatic nitrogens is 1. The van der Waals surface area contributed by atoms with Gasteiger partial charge in [-0.1, -0.05) is 59.2 Å². The lowest BCUT2D eigenvalue weighted by molar-refractivity contribution is -0.136. The molecular weight excluding hydrogens is 524 g/mol. The normalized spacial score (nSPS) is 13.3. The van der Waals surface area contributed by atoms with Gasteiger partial charge in [-0.2, -0.15) is 0 Å². The second kappa shape index (κ2) is 11.5. The largest absolute Gasteiger partial charge is 0.489 e. The molecule has 0 spiro atoms. The molecule has 4 aromatic rings. The molecule has 39 heavy (non-hydrogen) atoms. The molecule has 1 atom stereocenters. The molecule has 0 aliphatic carbocycles. The van der Waals surface area contributed by atoms with E-state index in [-0.39, 0.29) is 12.2 Å². The summed E-state index contributed by atoms with van der Waals surface area (Å²) in [4.78, 5) is 23.8. The molecule has 3 aromatic carbocycles. The number of carbonyl (C=O) groups is 2. The summed E-state index contributed by atoms with van der Waals surface area (Å²) in [6, 6.07) is 18.0. The highest BCUT2D eigenvalue weighted by Gasteiger charge is 2.26. The molecule has 1 aromatic heterocycles. The van der Waals surface area contributed by atoms with Gasteiger partial charge in [-0.05, 0) is 36.2 Å². The molecule has 0 saturated heterocycles. The summed E-state index contributed by atoms with van der Waals surface area (Å²) >= 11 is 6.23. The maximum absolute atomic E-state index is 12.7. The average Bonchev–Trinajstić information content (AvgIpc) is 3.21. The van der Waals surface area contributed by atoms with E-state index in [4.69, 9.17) is 35.4 Å². The third-order valence-corrected chi connectivity index (χ3v) is 6.54. The Morgan fingerprint density at radius 3 is 2.44 bits per heavy atom. The van der Waals surface area contributed by atoms with Crippen molar-refractivity contribution in [1.29, 1.82) is 0 Å². The summed E-state index contributed by atoms with van der Waals surface area (Å²) < 4.78 is 23.2. The van der Waals surface area contributed by atoms with Crippen molar-refractivity contribution in [1.82, 2.24) is 5.16 Å². The Morgan fingerprint density at radius 1 is 1.03 bits per heavy atom.